The predicted molar refractivity (Wildman–Crippen MR) is 105 cm³/mol. The zero-order valence-electron chi connectivity index (χ0n) is 16.4. The molecule has 0 amide bonds. The van der Waals surface area contributed by atoms with Crippen LogP contribution in [0, 0.1) is 0 Å². The molecule has 0 fully saturated rings. The van der Waals surface area contributed by atoms with E-state index in [2.05, 4.69) is 39.8 Å². The highest BCUT2D eigenvalue weighted by Crippen LogP contribution is 2.37. The van der Waals surface area contributed by atoms with Crippen LogP contribution in [-0.4, -0.2) is 18.2 Å². The van der Waals surface area contributed by atoms with Gasteiger partial charge in [-0.15, -0.1) is 0 Å². The smallest absolute Gasteiger partial charge is 0.328 e. The fourth-order valence-electron chi connectivity index (χ4n) is 2.63. The van der Waals surface area contributed by atoms with Crippen LogP contribution < -0.4 is 4.74 Å². The summed E-state index contributed by atoms with van der Waals surface area (Å²) in [5.74, 6) is 0.790. The Bertz CT molecular complexity index is 704. The summed E-state index contributed by atoms with van der Waals surface area (Å²) >= 11 is 0. The van der Waals surface area contributed by atoms with Crippen molar-refractivity contribution in [2.45, 2.75) is 53.4 Å². The Morgan fingerprint density at radius 2 is 1.76 bits per heavy atom. The van der Waals surface area contributed by atoms with Gasteiger partial charge >= 0.3 is 5.97 Å². The van der Waals surface area contributed by atoms with Crippen molar-refractivity contribution in [3.8, 4) is 5.75 Å². The predicted octanol–water partition coefficient (Wildman–Crippen LogP) is 5.93. The van der Waals surface area contributed by atoms with Gasteiger partial charge in [-0.3, -0.25) is 0 Å². The van der Waals surface area contributed by atoms with Gasteiger partial charge in [0, 0.05) is 11.6 Å². The Labute approximate surface area is 151 Å². The van der Waals surface area contributed by atoms with E-state index in [0.29, 0.717) is 17.4 Å². The number of ether oxygens (including phenoxy) is 1. The molecule has 3 heteroatoms. The lowest BCUT2D eigenvalue weighted by Gasteiger charge is -2.20. The Kier molecular flexibility index (Phi) is 7.69. The summed E-state index contributed by atoms with van der Waals surface area (Å²) in [6.07, 6.45) is 6.85. The number of aliphatic carboxylic acids is 1. The maximum atomic E-state index is 10.7. The molecule has 1 N–H and O–H groups in total. The van der Waals surface area contributed by atoms with E-state index in [9.17, 15) is 4.79 Å². The summed E-state index contributed by atoms with van der Waals surface area (Å²) < 4.78 is 5.72. The lowest BCUT2D eigenvalue weighted by molar-refractivity contribution is -0.131. The molecule has 0 saturated carbocycles. The van der Waals surface area contributed by atoms with E-state index in [-0.39, 0.29) is 0 Å². The fraction of sp³-hybridized carbons (Fsp3) is 0.409. The Morgan fingerprint density at radius 3 is 2.24 bits per heavy atom. The van der Waals surface area contributed by atoms with Crippen molar-refractivity contribution in [2.75, 3.05) is 7.11 Å². The molecular formula is C22H30O3. The topological polar surface area (TPSA) is 46.5 Å². The first-order valence-electron chi connectivity index (χ1n) is 8.65. The molecule has 0 unspecified atom stereocenters. The van der Waals surface area contributed by atoms with Crippen LogP contribution in [0.1, 0.15) is 70.1 Å². The van der Waals surface area contributed by atoms with Crippen molar-refractivity contribution in [2.24, 2.45) is 0 Å². The van der Waals surface area contributed by atoms with Gasteiger partial charge in [-0.05, 0) is 54.0 Å². The van der Waals surface area contributed by atoms with Gasteiger partial charge in [0.05, 0.1) is 7.11 Å². The highest BCUT2D eigenvalue weighted by atomic mass is 16.5. The number of carboxylic acids is 1. The van der Waals surface area contributed by atoms with Crippen LogP contribution in [0.3, 0.4) is 0 Å². The number of allylic oxidation sites excluding steroid dienone is 5. The van der Waals surface area contributed by atoms with Crippen LogP contribution in [0.5, 0.6) is 5.75 Å². The van der Waals surface area contributed by atoms with Gasteiger partial charge in [0.1, 0.15) is 5.75 Å². The van der Waals surface area contributed by atoms with Gasteiger partial charge in [0.2, 0.25) is 0 Å². The van der Waals surface area contributed by atoms with E-state index in [1.54, 1.807) is 20.1 Å². The van der Waals surface area contributed by atoms with E-state index in [0.717, 1.165) is 16.9 Å². The molecule has 0 aliphatic heterocycles. The average molecular weight is 342 g/mol. The quantitative estimate of drug-likeness (QED) is 0.493. The van der Waals surface area contributed by atoms with Crippen molar-refractivity contribution >= 4 is 11.5 Å². The monoisotopic (exact) mass is 342 g/mol. The molecule has 1 aromatic rings. The molecule has 3 nitrogen and oxygen atoms in total. The number of benzene rings is 1. The lowest BCUT2D eigenvalue weighted by atomic mass is 9.89. The second-order valence-electron chi connectivity index (χ2n) is 6.94. The fourth-order valence-corrected chi connectivity index (χ4v) is 2.63. The molecule has 0 heterocycles. The van der Waals surface area contributed by atoms with Crippen molar-refractivity contribution in [1.29, 1.82) is 0 Å². The van der Waals surface area contributed by atoms with Crippen molar-refractivity contribution in [3.63, 3.8) is 0 Å². The highest BCUT2D eigenvalue weighted by molar-refractivity contribution is 5.81. The van der Waals surface area contributed by atoms with Gasteiger partial charge in [0.15, 0.2) is 0 Å². The van der Waals surface area contributed by atoms with Gasteiger partial charge < -0.3 is 9.84 Å². The van der Waals surface area contributed by atoms with Gasteiger partial charge in [-0.1, -0.05) is 52.0 Å². The van der Waals surface area contributed by atoms with E-state index in [1.165, 1.54) is 17.2 Å². The standard InChI is InChI=1S/C22H30O3/c1-14(2)18-12-19(15(3)4)22(25-7)20(13-18)17(6)10-8-9-16(5)11-21(23)24/h8-15H,1-7H3,(H,23,24)/b9-8+,16-11+,17-10-. The number of carboxylic acid groups (broad SMARTS) is 1. The first-order chi connectivity index (χ1) is 11.7. The van der Waals surface area contributed by atoms with Gasteiger partial charge in [0.25, 0.3) is 0 Å². The normalized spacial score (nSPS) is 13.2. The van der Waals surface area contributed by atoms with Gasteiger partial charge in [-0.2, -0.15) is 0 Å². The number of hydrogen-bond donors (Lipinski definition) is 1. The summed E-state index contributed by atoms with van der Waals surface area (Å²) in [6.45, 7) is 12.5. The third kappa shape index (κ3) is 5.93. The molecule has 25 heavy (non-hydrogen) atoms. The molecule has 0 saturated heterocycles. The van der Waals surface area contributed by atoms with Crippen molar-refractivity contribution in [3.05, 3.63) is 58.7 Å². The van der Waals surface area contributed by atoms with Crippen LogP contribution in [0.4, 0.5) is 0 Å². The Hall–Kier alpha value is -2.29. The Balaban J connectivity index is 3.36. The van der Waals surface area contributed by atoms with Crippen LogP contribution in [0.25, 0.3) is 5.57 Å². The summed E-state index contributed by atoms with van der Waals surface area (Å²) in [5.41, 5.74) is 5.37. The zero-order chi connectivity index (χ0) is 19.1. The van der Waals surface area contributed by atoms with Crippen molar-refractivity contribution < 1.29 is 14.6 Å². The maximum absolute atomic E-state index is 10.7. The SMILES string of the molecule is COc1c(\C(C)=C/C=C/C(C)=C/C(=O)O)cc(C(C)C)cc1C(C)C. The molecule has 0 bridgehead atoms. The molecule has 0 aliphatic rings. The number of carbonyl (C=O) groups is 1. The lowest BCUT2D eigenvalue weighted by Crippen LogP contribution is -2.02. The minimum absolute atomic E-state index is 0.372. The second-order valence-corrected chi connectivity index (χ2v) is 6.94. The number of hydrogen-bond acceptors (Lipinski definition) is 2. The molecular weight excluding hydrogens is 312 g/mol. The Morgan fingerprint density at radius 1 is 1.12 bits per heavy atom. The summed E-state index contributed by atoms with van der Waals surface area (Å²) in [4.78, 5) is 10.7. The van der Waals surface area contributed by atoms with E-state index >= 15 is 0 Å². The van der Waals surface area contributed by atoms with Crippen LogP contribution >= 0.6 is 0 Å². The average Bonchev–Trinajstić information content (AvgIpc) is 2.52. The third-order valence-electron chi connectivity index (χ3n) is 4.11. The molecule has 136 valence electrons. The zero-order valence-corrected chi connectivity index (χ0v) is 16.4. The molecule has 0 spiro atoms. The largest absolute Gasteiger partial charge is 0.496 e. The summed E-state index contributed by atoms with van der Waals surface area (Å²) in [6, 6.07) is 4.43. The van der Waals surface area contributed by atoms with Crippen LogP contribution in [-0.2, 0) is 4.79 Å². The van der Waals surface area contributed by atoms with E-state index in [4.69, 9.17) is 9.84 Å². The number of rotatable bonds is 7. The highest BCUT2D eigenvalue weighted by Gasteiger charge is 2.16. The third-order valence-corrected chi connectivity index (χ3v) is 4.11. The summed E-state index contributed by atoms with van der Waals surface area (Å²) in [5, 5.41) is 8.76. The molecule has 0 aromatic heterocycles. The molecule has 0 radical (unpaired) electrons. The van der Waals surface area contributed by atoms with E-state index < -0.39 is 5.97 Å². The summed E-state index contributed by atoms with van der Waals surface area (Å²) in [7, 11) is 1.71. The second kappa shape index (κ2) is 9.26. The minimum Gasteiger partial charge on any atom is -0.496 e. The minimum atomic E-state index is -0.935. The molecule has 0 aliphatic carbocycles. The van der Waals surface area contributed by atoms with Crippen LogP contribution in [0.2, 0.25) is 0 Å². The molecule has 0 atom stereocenters. The van der Waals surface area contributed by atoms with Gasteiger partial charge in [-0.25, -0.2) is 4.79 Å². The molecule has 1 aromatic carbocycles. The maximum Gasteiger partial charge on any atom is 0.328 e. The number of methoxy groups -OCH3 is 1. The first kappa shape index (κ1) is 20.8. The van der Waals surface area contributed by atoms with Crippen molar-refractivity contribution in [1.82, 2.24) is 0 Å². The first-order valence-corrected chi connectivity index (χ1v) is 8.65. The molecule has 1 rings (SSSR count). The van der Waals surface area contributed by atoms with Crippen LogP contribution in [0.15, 0.2) is 42.0 Å². The van der Waals surface area contributed by atoms with E-state index in [1.807, 2.05) is 19.1 Å².